The van der Waals surface area contributed by atoms with Crippen molar-refractivity contribution in [2.24, 2.45) is 0 Å². The summed E-state index contributed by atoms with van der Waals surface area (Å²) < 4.78 is 9.36. The Bertz CT molecular complexity index is 3090. The molecule has 0 saturated carbocycles. The fourth-order valence-corrected chi connectivity index (χ4v) is 9.37. The Labute approximate surface area is 292 Å². The summed E-state index contributed by atoms with van der Waals surface area (Å²) in [5.41, 5.74) is 9.08. The molecule has 9 aromatic carbocycles. The zero-order valence-electron chi connectivity index (χ0n) is 27.0. The van der Waals surface area contributed by atoms with E-state index in [2.05, 4.69) is 170 Å². The second kappa shape index (κ2) is 10.6. The Morgan fingerprint density at radius 1 is 0.320 bits per heavy atom. The van der Waals surface area contributed by atoms with Crippen LogP contribution in [-0.2, 0) is 0 Å². The van der Waals surface area contributed by atoms with Crippen LogP contribution in [0.3, 0.4) is 0 Å². The lowest BCUT2D eigenvalue weighted by Crippen LogP contribution is -1.90. The van der Waals surface area contributed by atoms with Gasteiger partial charge in [-0.1, -0.05) is 133 Å². The minimum atomic E-state index is 0.904. The van der Waals surface area contributed by atoms with E-state index in [1.165, 1.54) is 74.7 Å². The summed E-state index contributed by atoms with van der Waals surface area (Å²) in [7, 11) is 0. The van der Waals surface area contributed by atoms with Crippen LogP contribution < -0.4 is 0 Å². The van der Waals surface area contributed by atoms with Gasteiger partial charge in [-0.25, -0.2) is 0 Å². The lowest BCUT2D eigenvalue weighted by atomic mass is 9.86. The van der Waals surface area contributed by atoms with Crippen LogP contribution in [0.25, 0.3) is 108 Å². The topological polar surface area (TPSA) is 13.1 Å². The summed E-state index contributed by atoms with van der Waals surface area (Å²) in [6.45, 7) is 0. The van der Waals surface area contributed by atoms with Crippen molar-refractivity contribution in [2.45, 2.75) is 0 Å². The molecule has 2 aromatic heterocycles. The summed E-state index contributed by atoms with van der Waals surface area (Å²) in [5, 5.41) is 12.5. The van der Waals surface area contributed by atoms with Crippen molar-refractivity contribution in [1.82, 2.24) is 0 Å². The van der Waals surface area contributed by atoms with Gasteiger partial charge in [0.15, 0.2) is 0 Å². The molecule has 11 aromatic rings. The minimum Gasteiger partial charge on any atom is -0.456 e. The van der Waals surface area contributed by atoms with E-state index in [4.69, 9.17) is 4.42 Å². The number of hydrogen-bond acceptors (Lipinski definition) is 2. The first-order valence-corrected chi connectivity index (χ1v) is 17.9. The van der Waals surface area contributed by atoms with Crippen molar-refractivity contribution in [3.05, 3.63) is 170 Å². The van der Waals surface area contributed by atoms with E-state index in [1.54, 1.807) is 0 Å². The first-order valence-electron chi connectivity index (χ1n) is 17.1. The molecule has 0 atom stereocenters. The van der Waals surface area contributed by atoms with E-state index >= 15 is 0 Å². The van der Waals surface area contributed by atoms with Crippen molar-refractivity contribution in [3.63, 3.8) is 0 Å². The first-order chi connectivity index (χ1) is 24.8. The molecule has 0 aliphatic heterocycles. The lowest BCUT2D eigenvalue weighted by molar-refractivity contribution is 0.669. The molecule has 0 fully saturated rings. The van der Waals surface area contributed by atoms with E-state index in [1.807, 2.05) is 11.3 Å². The Morgan fingerprint density at radius 3 is 1.54 bits per heavy atom. The van der Waals surface area contributed by atoms with Gasteiger partial charge >= 0.3 is 0 Å². The van der Waals surface area contributed by atoms with Crippen LogP contribution in [0.4, 0.5) is 0 Å². The fourth-order valence-electron chi connectivity index (χ4n) is 8.15. The van der Waals surface area contributed by atoms with Gasteiger partial charge in [0.05, 0.1) is 0 Å². The highest BCUT2D eigenvalue weighted by molar-refractivity contribution is 7.26. The Balaban J connectivity index is 1.07. The van der Waals surface area contributed by atoms with Gasteiger partial charge < -0.3 is 4.42 Å². The summed E-state index contributed by atoms with van der Waals surface area (Å²) in [4.78, 5) is 0. The molecule has 0 saturated heterocycles. The molecule has 0 aliphatic rings. The largest absolute Gasteiger partial charge is 0.456 e. The molecule has 2 heterocycles. The molecule has 0 radical (unpaired) electrons. The summed E-state index contributed by atoms with van der Waals surface area (Å²) in [5.74, 6) is 0. The third-order valence-corrected chi connectivity index (χ3v) is 11.7. The van der Waals surface area contributed by atoms with Crippen molar-refractivity contribution >= 4 is 85.8 Å². The predicted octanol–water partition coefficient (Wildman–Crippen LogP) is 14.4. The zero-order valence-corrected chi connectivity index (χ0v) is 27.8. The van der Waals surface area contributed by atoms with Crippen LogP contribution in [0.5, 0.6) is 0 Å². The van der Waals surface area contributed by atoms with Gasteiger partial charge in [-0.3, -0.25) is 0 Å². The molecule has 232 valence electrons. The van der Waals surface area contributed by atoms with Gasteiger partial charge in [0.25, 0.3) is 0 Å². The molecule has 1 nitrogen and oxygen atoms in total. The summed E-state index contributed by atoms with van der Waals surface area (Å²) >= 11 is 1.88. The van der Waals surface area contributed by atoms with Crippen molar-refractivity contribution in [1.29, 1.82) is 0 Å². The lowest BCUT2D eigenvalue weighted by Gasteiger charge is -2.17. The quantitative estimate of drug-likeness (QED) is 0.173. The maximum Gasteiger partial charge on any atom is 0.136 e. The number of thiophene rings is 1. The normalized spacial score (nSPS) is 12.0. The first kappa shape index (κ1) is 27.7. The van der Waals surface area contributed by atoms with Gasteiger partial charge in [-0.15, -0.1) is 11.3 Å². The van der Waals surface area contributed by atoms with Crippen LogP contribution in [-0.4, -0.2) is 0 Å². The molecule has 0 unspecified atom stereocenters. The second-order valence-corrected chi connectivity index (χ2v) is 14.3. The number of fused-ring (bicyclic) bond motifs is 10. The third kappa shape index (κ3) is 4.06. The van der Waals surface area contributed by atoms with E-state index in [9.17, 15) is 0 Å². The molecule has 0 bridgehead atoms. The van der Waals surface area contributed by atoms with Crippen LogP contribution in [0, 0.1) is 0 Å². The molecule has 0 amide bonds. The molecule has 50 heavy (non-hydrogen) atoms. The molecular formula is C48H28OS. The average Bonchev–Trinajstić information content (AvgIpc) is 3.74. The Morgan fingerprint density at radius 2 is 0.840 bits per heavy atom. The van der Waals surface area contributed by atoms with E-state index in [0.29, 0.717) is 0 Å². The molecule has 0 spiro atoms. The SMILES string of the molecule is c1ccc(-c2c3ccccc3c(-c3ccc4c(c3)oc3cc(-c5ccc6sc7c8ccccc8ccc7c6c5)ccc34)c3ccccc23)cc1. The highest BCUT2D eigenvalue weighted by atomic mass is 32.1. The number of benzene rings is 9. The molecule has 11 rings (SSSR count). The van der Waals surface area contributed by atoms with Crippen LogP contribution in [0.15, 0.2) is 174 Å². The Hall–Kier alpha value is -6.22. The monoisotopic (exact) mass is 652 g/mol. The molecule has 0 N–H and O–H groups in total. The van der Waals surface area contributed by atoms with Crippen LogP contribution >= 0.6 is 11.3 Å². The summed E-state index contributed by atoms with van der Waals surface area (Å²) in [6, 6.07) is 61.8. The van der Waals surface area contributed by atoms with E-state index < -0.39 is 0 Å². The smallest absolute Gasteiger partial charge is 0.136 e. The fraction of sp³-hybridized carbons (Fsp3) is 0. The van der Waals surface area contributed by atoms with Crippen molar-refractivity contribution in [2.75, 3.05) is 0 Å². The molecule has 2 heteroatoms. The van der Waals surface area contributed by atoms with Crippen molar-refractivity contribution in [3.8, 4) is 33.4 Å². The number of hydrogen-bond donors (Lipinski definition) is 0. The summed E-state index contributed by atoms with van der Waals surface area (Å²) in [6.07, 6.45) is 0. The van der Waals surface area contributed by atoms with Gasteiger partial charge in [0.1, 0.15) is 11.2 Å². The Kier molecular flexibility index (Phi) is 5.89. The second-order valence-electron chi connectivity index (χ2n) is 13.2. The molecular weight excluding hydrogens is 625 g/mol. The maximum absolute atomic E-state index is 6.69. The van der Waals surface area contributed by atoms with Crippen LogP contribution in [0.1, 0.15) is 0 Å². The van der Waals surface area contributed by atoms with Gasteiger partial charge in [0, 0.05) is 30.9 Å². The zero-order chi connectivity index (χ0) is 32.8. The highest BCUT2D eigenvalue weighted by Gasteiger charge is 2.18. The van der Waals surface area contributed by atoms with Crippen LogP contribution in [0.2, 0.25) is 0 Å². The standard InChI is InChI=1S/C48H28OS/c1-2-11-30(12-3-1)46-37-14-6-8-16-39(37)47(40-17-9-7-15-38(40)46)33-20-23-36-35-22-19-32(27-43(35)49-44(36)28-33)31-21-25-45-42(26-31)41-24-18-29-10-4-5-13-34(29)48(41)50-45/h1-28H. The van der Waals surface area contributed by atoms with Gasteiger partial charge in [0.2, 0.25) is 0 Å². The molecule has 0 aliphatic carbocycles. The van der Waals surface area contributed by atoms with Crippen molar-refractivity contribution < 1.29 is 4.42 Å². The average molecular weight is 653 g/mol. The predicted molar refractivity (Wildman–Crippen MR) is 215 cm³/mol. The minimum absolute atomic E-state index is 0.904. The van der Waals surface area contributed by atoms with Gasteiger partial charge in [-0.2, -0.15) is 0 Å². The number of furan rings is 1. The van der Waals surface area contributed by atoms with E-state index in [-0.39, 0.29) is 0 Å². The third-order valence-electron chi connectivity index (χ3n) is 10.5. The van der Waals surface area contributed by atoms with Gasteiger partial charge in [-0.05, 0) is 102 Å². The number of rotatable bonds is 3. The highest BCUT2D eigenvalue weighted by Crippen LogP contribution is 2.45. The maximum atomic E-state index is 6.69. The van der Waals surface area contributed by atoms with E-state index in [0.717, 1.165) is 33.1 Å².